The van der Waals surface area contributed by atoms with E-state index in [-0.39, 0.29) is 0 Å². The second-order valence-corrected chi connectivity index (χ2v) is 4.37. The van der Waals surface area contributed by atoms with Crippen LogP contribution in [0.4, 0.5) is 0 Å². The van der Waals surface area contributed by atoms with Gasteiger partial charge >= 0.3 is 0 Å². The Labute approximate surface area is 87.6 Å². The number of hydrogen-bond acceptors (Lipinski definition) is 3. The molecule has 0 aromatic carbocycles. The number of nitrogens with zero attached hydrogens (tertiary/aromatic N) is 1. The molecule has 0 aromatic heterocycles. The number of likely N-dealkylation sites (tertiary alicyclic amines) is 1. The van der Waals surface area contributed by atoms with Crippen LogP contribution in [-0.4, -0.2) is 44.3 Å². The van der Waals surface area contributed by atoms with Gasteiger partial charge in [-0.05, 0) is 38.6 Å². The Morgan fingerprint density at radius 3 is 2.86 bits per heavy atom. The molecule has 1 saturated heterocycles. The van der Waals surface area contributed by atoms with E-state index < -0.39 is 0 Å². The first-order valence-electron chi connectivity index (χ1n) is 5.71. The minimum absolute atomic E-state index is 0.716. The lowest BCUT2D eigenvalue weighted by Crippen LogP contribution is -2.44. The minimum Gasteiger partial charge on any atom is -0.385 e. The van der Waals surface area contributed by atoms with Gasteiger partial charge in [0.25, 0.3) is 0 Å². The number of hydrogen-bond donors (Lipinski definition) is 1. The lowest BCUT2D eigenvalue weighted by Gasteiger charge is -2.37. The molecule has 0 aliphatic carbocycles. The highest BCUT2D eigenvalue weighted by Crippen LogP contribution is 2.20. The molecule has 2 unspecified atom stereocenters. The van der Waals surface area contributed by atoms with Gasteiger partial charge in [0, 0.05) is 32.8 Å². The molecule has 1 heterocycles. The van der Waals surface area contributed by atoms with Gasteiger partial charge in [0.2, 0.25) is 0 Å². The maximum absolute atomic E-state index is 5.71. The van der Waals surface area contributed by atoms with Gasteiger partial charge in [-0.3, -0.25) is 0 Å². The predicted molar refractivity (Wildman–Crippen MR) is 59.3 cm³/mol. The third kappa shape index (κ3) is 3.56. The van der Waals surface area contributed by atoms with Crippen LogP contribution >= 0.6 is 0 Å². The Bertz CT molecular complexity index is 152. The molecule has 0 bridgehead atoms. The summed E-state index contributed by atoms with van der Waals surface area (Å²) in [6.45, 7) is 6.37. The molecular weight excluding hydrogens is 176 g/mol. The molecule has 1 fully saturated rings. The fraction of sp³-hybridized carbons (Fsp3) is 1.00. The molecule has 1 aliphatic rings. The highest BCUT2D eigenvalue weighted by molar-refractivity contribution is 4.79. The van der Waals surface area contributed by atoms with Gasteiger partial charge in [0.05, 0.1) is 0 Å². The fourth-order valence-corrected chi connectivity index (χ4v) is 2.18. The topological polar surface area (TPSA) is 38.5 Å². The molecule has 0 spiro atoms. The quantitative estimate of drug-likeness (QED) is 0.675. The van der Waals surface area contributed by atoms with Crippen LogP contribution in [0.1, 0.15) is 26.2 Å². The van der Waals surface area contributed by atoms with Crippen LogP contribution in [0, 0.1) is 5.92 Å². The van der Waals surface area contributed by atoms with Crippen molar-refractivity contribution >= 4 is 0 Å². The molecule has 3 heteroatoms. The van der Waals surface area contributed by atoms with Crippen LogP contribution < -0.4 is 5.73 Å². The van der Waals surface area contributed by atoms with E-state index in [1.54, 1.807) is 7.11 Å². The van der Waals surface area contributed by atoms with Gasteiger partial charge in [0.15, 0.2) is 0 Å². The molecule has 3 nitrogen and oxygen atoms in total. The van der Waals surface area contributed by atoms with Crippen molar-refractivity contribution in [3.63, 3.8) is 0 Å². The molecule has 0 saturated carbocycles. The molecular formula is C11H24N2O. The molecule has 0 amide bonds. The molecule has 14 heavy (non-hydrogen) atoms. The van der Waals surface area contributed by atoms with E-state index in [4.69, 9.17) is 10.5 Å². The Morgan fingerprint density at radius 1 is 1.43 bits per heavy atom. The number of nitrogens with two attached hydrogens (primary N) is 1. The van der Waals surface area contributed by atoms with Crippen LogP contribution in [0.5, 0.6) is 0 Å². The van der Waals surface area contributed by atoms with Gasteiger partial charge in [-0.2, -0.15) is 0 Å². The van der Waals surface area contributed by atoms with E-state index in [1.165, 1.54) is 19.4 Å². The number of piperidine rings is 1. The van der Waals surface area contributed by atoms with E-state index in [0.717, 1.165) is 32.2 Å². The fourth-order valence-electron chi connectivity index (χ4n) is 2.18. The monoisotopic (exact) mass is 200 g/mol. The molecule has 84 valence electrons. The number of rotatable bonds is 5. The normalized spacial score (nSPS) is 29.4. The summed E-state index contributed by atoms with van der Waals surface area (Å²) in [4.78, 5) is 2.56. The maximum atomic E-state index is 5.71. The van der Waals surface area contributed by atoms with E-state index in [9.17, 15) is 0 Å². The van der Waals surface area contributed by atoms with Crippen molar-refractivity contribution in [2.24, 2.45) is 11.7 Å². The summed E-state index contributed by atoms with van der Waals surface area (Å²) in [5.41, 5.74) is 5.71. The van der Waals surface area contributed by atoms with Crippen molar-refractivity contribution in [2.75, 3.05) is 33.4 Å². The average molecular weight is 200 g/mol. The van der Waals surface area contributed by atoms with Crippen molar-refractivity contribution in [3.05, 3.63) is 0 Å². The average Bonchev–Trinajstić information content (AvgIpc) is 2.21. The highest BCUT2D eigenvalue weighted by atomic mass is 16.5. The zero-order valence-electron chi connectivity index (χ0n) is 9.54. The summed E-state index contributed by atoms with van der Waals surface area (Å²) in [5.74, 6) is 0.716. The molecule has 0 aromatic rings. The second kappa shape index (κ2) is 6.38. The van der Waals surface area contributed by atoms with E-state index in [2.05, 4.69) is 11.8 Å². The summed E-state index contributed by atoms with van der Waals surface area (Å²) in [7, 11) is 1.77. The van der Waals surface area contributed by atoms with Crippen molar-refractivity contribution < 1.29 is 4.74 Å². The SMILES string of the molecule is COCCCN1CC(CN)CCC1C. The number of methoxy groups -OCH3 is 1. The zero-order valence-corrected chi connectivity index (χ0v) is 9.54. The first-order valence-corrected chi connectivity index (χ1v) is 5.71. The largest absolute Gasteiger partial charge is 0.385 e. The third-order valence-corrected chi connectivity index (χ3v) is 3.24. The van der Waals surface area contributed by atoms with Crippen molar-refractivity contribution in [1.82, 2.24) is 4.90 Å². The smallest absolute Gasteiger partial charge is 0.0474 e. The summed E-state index contributed by atoms with van der Waals surface area (Å²) in [6, 6.07) is 0.731. The lowest BCUT2D eigenvalue weighted by molar-refractivity contribution is 0.103. The van der Waals surface area contributed by atoms with Gasteiger partial charge in [-0.15, -0.1) is 0 Å². The Balaban J connectivity index is 2.25. The zero-order chi connectivity index (χ0) is 10.4. The van der Waals surface area contributed by atoms with Crippen LogP contribution in [-0.2, 0) is 4.74 Å². The Morgan fingerprint density at radius 2 is 2.21 bits per heavy atom. The van der Waals surface area contributed by atoms with Gasteiger partial charge < -0.3 is 15.4 Å². The van der Waals surface area contributed by atoms with Crippen LogP contribution in [0.15, 0.2) is 0 Å². The van der Waals surface area contributed by atoms with Crippen LogP contribution in [0.3, 0.4) is 0 Å². The molecule has 1 aliphatic heterocycles. The van der Waals surface area contributed by atoms with E-state index >= 15 is 0 Å². The summed E-state index contributed by atoms with van der Waals surface area (Å²) < 4.78 is 5.07. The van der Waals surface area contributed by atoms with Crippen LogP contribution in [0.2, 0.25) is 0 Å². The van der Waals surface area contributed by atoms with E-state index in [0.29, 0.717) is 5.92 Å². The summed E-state index contributed by atoms with van der Waals surface area (Å²) in [5, 5.41) is 0. The lowest BCUT2D eigenvalue weighted by atomic mass is 9.93. The number of ether oxygens (including phenoxy) is 1. The van der Waals surface area contributed by atoms with E-state index in [1.807, 2.05) is 0 Å². The standard InChI is InChI=1S/C11H24N2O/c1-10-4-5-11(8-12)9-13(10)6-3-7-14-2/h10-11H,3-9,12H2,1-2H3. The first kappa shape index (κ1) is 12.0. The van der Waals surface area contributed by atoms with Crippen molar-refractivity contribution in [2.45, 2.75) is 32.2 Å². The third-order valence-electron chi connectivity index (χ3n) is 3.24. The first-order chi connectivity index (χ1) is 6.77. The molecule has 1 rings (SSSR count). The van der Waals surface area contributed by atoms with Gasteiger partial charge in [0.1, 0.15) is 0 Å². The molecule has 0 radical (unpaired) electrons. The maximum Gasteiger partial charge on any atom is 0.0474 e. The molecule has 2 atom stereocenters. The molecule has 2 N–H and O–H groups in total. The van der Waals surface area contributed by atoms with Gasteiger partial charge in [-0.1, -0.05) is 0 Å². The minimum atomic E-state index is 0.716. The van der Waals surface area contributed by atoms with Gasteiger partial charge in [-0.25, -0.2) is 0 Å². The highest BCUT2D eigenvalue weighted by Gasteiger charge is 2.23. The predicted octanol–water partition coefficient (Wildman–Crippen LogP) is 1.08. The summed E-state index contributed by atoms with van der Waals surface area (Å²) in [6.07, 6.45) is 3.74. The second-order valence-electron chi connectivity index (χ2n) is 4.37. The van der Waals surface area contributed by atoms with Crippen molar-refractivity contribution in [1.29, 1.82) is 0 Å². The van der Waals surface area contributed by atoms with Crippen LogP contribution in [0.25, 0.3) is 0 Å². The van der Waals surface area contributed by atoms with Crippen molar-refractivity contribution in [3.8, 4) is 0 Å². The Kier molecular flexibility index (Phi) is 5.45. The Hall–Kier alpha value is -0.120. The summed E-state index contributed by atoms with van der Waals surface area (Å²) >= 11 is 0.